The monoisotopic (exact) mass is 373 g/mol. The van der Waals surface area contributed by atoms with Crippen LogP contribution in [0.15, 0.2) is 36.4 Å². The fourth-order valence-corrected chi connectivity index (χ4v) is 3.20. The van der Waals surface area contributed by atoms with Crippen LogP contribution >= 0.6 is 11.6 Å². The number of nitrogens with zero attached hydrogens (tertiary/aromatic N) is 1. The molecule has 0 N–H and O–H groups in total. The van der Waals surface area contributed by atoms with Crippen molar-refractivity contribution in [3.8, 4) is 0 Å². The average Bonchev–Trinajstić information content (AvgIpc) is 2.65. The number of esters is 1. The minimum atomic E-state index is -0.953. The molecule has 0 bridgehead atoms. The second-order valence-corrected chi connectivity index (χ2v) is 6.54. The second-order valence-electron chi connectivity index (χ2n) is 6.11. The van der Waals surface area contributed by atoms with Crippen molar-refractivity contribution in [2.75, 3.05) is 6.61 Å². The molecule has 0 atom stereocenters. The standard InChI is InChI=1S/C19H16ClNO5/c20-15-7-8-17(21(24)25)16(10-15)19(23)26-11-18(22)14-6-5-12-3-1-2-4-13(12)9-14/h5-10H,1-4,11H2. The third-order valence-corrected chi connectivity index (χ3v) is 4.62. The normalized spacial score (nSPS) is 13.0. The molecule has 3 rings (SSSR count). The minimum Gasteiger partial charge on any atom is -0.454 e. The number of halogens is 1. The van der Waals surface area contributed by atoms with Gasteiger partial charge in [0.2, 0.25) is 0 Å². The highest BCUT2D eigenvalue weighted by Crippen LogP contribution is 2.24. The van der Waals surface area contributed by atoms with Crippen molar-refractivity contribution in [3.63, 3.8) is 0 Å². The summed E-state index contributed by atoms with van der Waals surface area (Å²) in [6.07, 6.45) is 4.19. The Hall–Kier alpha value is -2.73. The number of benzene rings is 2. The van der Waals surface area contributed by atoms with Gasteiger partial charge in [0.1, 0.15) is 5.56 Å². The van der Waals surface area contributed by atoms with Gasteiger partial charge in [0.15, 0.2) is 12.4 Å². The number of Topliss-reactive ketones (excluding diaryl/α,β-unsaturated/α-hetero) is 1. The van der Waals surface area contributed by atoms with E-state index in [2.05, 4.69) is 0 Å². The van der Waals surface area contributed by atoms with Gasteiger partial charge in [-0.05, 0) is 55.0 Å². The van der Waals surface area contributed by atoms with E-state index < -0.39 is 23.2 Å². The van der Waals surface area contributed by atoms with Crippen LogP contribution in [-0.4, -0.2) is 23.3 Å². The highest BCUT2D eigenvalue weighted by atomic mass is 35.5. The van der Waals surface area contributed by atoms with Crippen LogP contribution in [0, 0.1) is 10.1 Å². The molecule has 0 unspecified atom stereocenters. The summed E-state index contributed by atoms with van der Waals surface area (Å²) < 4.78 is 4.98. The molecule has 6 nitrogen and oxygen atoms in total. The Balaban J connectivity index is 1.71. The molecule has 2 aromatic rings. The van der Waals surface area contributed by atoms with Gasteiger partial charge in [-0.25, -0.2) is 4.79 Å². The Kier molecular flexibility index (Phi) is 5.32. The van der Waals surface area contributed by atoms with Crippen molar-refractivity contribution in [3.05, 3.63) is 73.8 Å². The van der Waals surface area contributed by atoms with Gasteiger partial charge in [-0.3, -0.25) is 14.9 Å². The van der Waals surface area contributed by atoms with Crippen molar-refractivity contribution in [2.24, 2.45) is 0 Å². The molecule has 0 amide bonds. The quantitative estimate of drug-likeness (QED) is 0.340. The molecule has 0 aromatic heterocycles. The molecule has 0 spiro atoms. The summed E-state index contributed by atoms with van der Waals surface area (Å²) in [6.45, 7) is -0.485. The van der Waals surface area contributed by atoms with Crippen molar-refractivity contribution >= 4 is 29.0 Å². The smallest absolute Gasteiger partial charge is 0.345 e. The van der Waals surface area contributed by atoms with Crippen LogP contribution < -0.4 is 0 Å². The number of carbonyl (C=O) groups excluding carboxylic acids is 2. The first kappa shape index (κ1) is 18.1. The largest absolute Gasteiger partial charge is 0.454 e. The SMILES string of the molecule is O=C(COC(=O)c1cc(Cl)ccc1[N+](=O)[O-])c1ccc2c(c1)CCCC2. The molecule has 0 radical (unpaired) electrons. The van der Waals surface area contributed by atoms with E-state index in [-0.39, 0.29) is 16.4 Å². The van der Waals surface area contributed by atoms with E-state index in [9.17, 15) is 19.7 Å². The summed E-state index contributed by atoms with van der Waals surface area (Å²) in [5.41, 5.74) is 2.18. The Morgan fingerprint density at radius 2 is 1.81 bits per heavy atom. The van der Waals surface area contributed by atoms with Gasteiger partial charge >= 0.3 is 5.97 Å². The fourth-order valence-electron chi connectivity index (χ4n) is 3.03. The van der Waals surface area contributed by atoms with Crippen LogP contribution in [0.4, 0.5) is 5.69 Å². The van der Waals surface area contributed by atoms with Gasteiger partial charge in [0.25, 0.3) is 5.69 Å². The van der Waals surface area contributed by atoms with Crippen LogP contribution in [0.3, 0.4) is 0 Å². The lowest BCUT2D eigenvalue weighted by molar-refractivity contribution is -0.385. The zero-order valence-electron chi connectivity index (χ0n) is 13.9. The number of aryl methyl sites for hydroxylation is 2. The second kappa shape index (κ2) is 7.66. The number of carbonyl (C=O) groups is 2. The van der Waals surface area contributed by atoms with Crippen LogP contribution in [0.5, 0.6) is 0 Å². The van der Waals surface area contributed by atoms with Gasteiger partial charge in [-0.2, -0.15) is 0 Å². The van der Waals surface area contributed by atoms with Crippen molar-refractivity contribution < 1.29 is 19.2 Å². The molecule has 1 aliphatic rings. The number of nitro groups is 1. The molecule has 134 valence electrons. The first-order chi connectivity index (χ1) is 12.5. The zero-order valence-corrected chi connectivity index (χ0v) is 14.6. The van der Waals surface area contributed by atoms with Crippen LogP contribution in [0.2, 0.25) is 5.02 Å². The molecule has 0 heterocycles. The highest BCUT2D eigenvalue weighted by Gasteiger charge is 2.23. The summed E-state index contributed by atoms with van der Waals surface area (Å²) in [6, 6.07) is 9.10. The molecule has 26 heavy (non-hydrogen) atoms. The fraction of sp³-hybridized carbons (Fsp3) is 0.263. The number of fused-ring (bicyclic) bond motifs is 1. The van der Waals surface area contributed by atoms with E-state index in [1.54, 1.807) is 6.07 Å². The van der Waals surface area contributed by atoms with E-state index in [0.717, 1.165) is 43.4 Å². The first-order valence-corrected chi connectivity index (χ1v) is 8.59. The molecule has 0 saturated carbocycles. The van der Waals surface area contributed by atoms with Crippen molar-refractivity contribution in [1.29, 1.82) is 0 Å². The predicted molar refractivity (Wildman–Crippen MR) is 95.8 cm³/mol. The molecule has 1 aliphatic carbocycles. The average molecular weight is 374 g/mol. The zero-order chi connectivity index (χ0) is 18.7. The van der Waals surface area contributed by atoms with Gasteiger partial charge in [-0.1, -0.05) is 23.7 Å². The number of rotatable bonds is 5. The lowest BCUT2D eigenvalue weighted by Gasteiger charge is -2.16. The molecule has 0 aliphatic heterocycles. The summed E-state index contributed by atoms with van der Waals surface area (Å²) in [4.78, 5) is 34.8. The number of hydrogen-bond acceptors (Lipinski definition) is 5. The Morgan fingerprint density at radius 3 is 2.54 bits per heavy atom. The van der Waals surface area contributed by atoms with E-state index >= 15 is 0 Å². The Bertz CT molecular complexity index is 893. The molecule has 7 heteroatoms. The molecule has 2 aromatic carbocycles. The summed E-state index contributed by atoms with van der Waals surface area (Å²) in [5.74, 6) is -1.30. The molecular weight excluding hydrogens is 358 g/mol. The minimum absolute atomic E-state index is 0.170. The number of ether oxygens (including phenoxy) is 1. The van der Waals surface area contributed by atoms with Gasteiger partial charge in [0.05, 0.1) is 4.92 Å². The summed E-state index contributed by atoms with van der Waals surface area (Å²) >= 11 is 5.79. The summed E-state index contributed by atoms with van der Waals surface area (Å²) in [7, 11) is 0. The van der Waals surface area contributed by atoms with E-state index in [1.807, 2.05) is 12.1 Å². The summed E-state index contributed by atoms with van der Waals surface area (Å²) in [5, 5.41) is 11.2. The molecular formula is C19H16ClNO5. The van der Waals surface area contributed by atoms with Gasteiger partial charge in [0, 0.05) is 16.7 Å². The van der Waals surface area contributed by atoms with Crippen LogP contribution in [0.25, 0.3) is 0 Å². The van der Waals surface area contributed by atoms with Gasteiger partial charge < -0.3 is 4.74 Å². The number of nitro benzene ring substituents is 1. The van der Waals surface area contributed by atoms with E-state index in [4.69, 9.17) is 16.3 Å². The third kappa shape index (κ3) is 3.91. The topological polar surface area (TPSA) is 86.5 Å². The number of hydrogen-bond donors (Lipinski definition) is 0. The predicted octanol–water partition coefficient (Wildman–Crippen LogP) is 4.17. The van der Waals surface area contributed by atoms with Crippen molar-refractivity contribution in [2.45, 2.75) is 25.7 Å². The molecule has 0 fully saturated rings. The Morgan fingerprint density at radius 1 is 1.08 bits per heavy atom. The molecule has 0 saturated heterocycles. The number of ketones is 1. The third-order valence-electron chi connectivity index (χ3n) is 4.38. The Labute approximate surface area is 154 Å². The van der Waals surface area contributed by atoms with E-state index in [1.165, 1.54) is 11.6 Å². The lowest BCUT2D eigenvalue weighted by atomic mass is 9.90. The maximum atomic E-state index is 12.3. The van der Waals surface area contributed by atoms with Crippen LogP contribution in [-0.2, 0) is 17.6 Å². The maximum Gasteiger partial charge on any atom is 0.345 e. The van der Waals surface area contributed by atoms with E-state index in [0.29, 0.717) is 5.56 Å². The highest BCUT2D eigenvalue weighted by molar-refractivity contribution is 6.31. The lowest BCUT2D eigenvalue weighted by Crippen LogP contribution is -2.16. The van der Waals surface area contributed by atoms with Crippen LogP contribution in [0.1, 0.15) is 44.7 Å². The van der Waals surface area contributed by atoms with Gasteiger partial charge in [-0.15, -0.1) is 0 Å². The van der Waals surface area contributed by atoms with Crippen molar-refractivity contribution in [1.82, 2.24) is 0 Å². The maximum absolute atomic E-state index is 12.3. The first-order valence-electron chi connectivity index (χ1n) is 8.22.